The summed E-state index contributed by atoms with van der Waals surface area (Å²) in [6, 6.07) is -0.648. The number of rotatable bonds is 4. The summed E-state index contributed by atoms with van der Waals surface area (Å²) in [5.74, 6) is -0.904. The zero-order valence-corrected chi connectivity index (χ0v) is 8.75. The number of aliphatic carboxylic acids is 1. The minimum Gasteiger partial charge on any atom is -0.480 e. The molecule has 14 heavy (non-hydrogen) atoms. The summed E-state index contributed by atoms with van der Waals surface area (Å²) in [5.41, 5.74) is 0.771. The van der Waals surface area contributed by atoms with Crippen LogP contribution in [0.4, 0.5) is 0 Å². The Morgan fingerprint density at radius 2 is 2.50 bits per heavy atom. The molecule has 5 nitrogen and oxygen atoms in total. The zero-order valence-electron chi connectivity index (χ0n) is 7.99. The van der Waals surface area contributed by atoms with Crippen LogP contribution in [0.3, 0.4) is 0 Å². The molecular weight excluding hydrogens is 206 g/mol. The fraction of sp³-hybridized carbons (Fsp3) is 0.500. The third-order valence-corrected chi connectivity index (χ3v) is 2.42. The van der Waals surface area contributed by atoms with Crippen molar-refractivity contribution in [2.24, 2.45) is 0 Å². The molecule has 0 fully saturated rings. The van der Waals surface area contributed by atoms with Gasteiger partial charge in [-0.25, -0.2) is 0 Å². The van der Waals surface area contributed by atoms with Crippen LogP contribution in [0.25, 0.3) is 0 Å². The van der Waals surface area contributed by atoms with Crippen molar-refractivity contribution >= 4 is 17.6 Å². The van der Waals surface area contributed by atoms with E-state index in [2.05, 4.69) is 10.4 Å². The average molecular weight is 218 g/mol. The van der Waals surface area contributed by atoms with Gasteiger partial charge in [-0.05, 0) is 14.0 Å². The number of halogens is 1. The minimum atomic E-state index is -0.904. The Bertz CT molecular complexity index is 337. The highest BCUT2D eigenvalue weighted by Gasteiger charge is 2.17. The van der Waals surface area contributed by atoms with Crippen molar-refractivity contribution in [3.8, 4) is 0 Å². The second-order valence-electron chi connectivity index (χ2n) is 2.94. The minimum absolute atomic E-state index is 0.268. The highest BCUT2D eigenvalue weighted by Crippen LogP contribution is 2.13. The molecule has 0 saturated carbocycles. The molecule has 0 aliphatic heterocycles. The highest BCUT2D eigenvalue weighted by molar-refractivity contribution is 6.31. The molecule has 0 bridgehead atoms. The van der Waals surface area contributed by atoms with Crippen molar-refractivity contribution in [1.82, 2.24) is 15.1 Å². The summed E-state index contributed by atoms with van der Waals surface area (Å²) in [4.78, 5) is 10.7. The molecule has 0 aliphatic rings. The third kappa shape index (κ3) is 2.24. The van der Waals surface area contributed by atoms with E-state index >= 15 is 0 Å². The molecule has 1 atom stereocenters. The lowest BCUT2D eigenvalue weighted by Crippen LogP contribution is -2.38. The summed E-state index contributed by atoms with van der Waals surface area (Å²) < 4.78 is 1.57. The maximum absolute atomic E-state index is 10.7. The van der Waals surface area contributed by atoms with Crippen LogP contribution in [-0.4, -0.2) is 33.9 Å². The lowest BCUT2D eigenvalue weighted by atomic mass is 10.3. The van der Waals surface area contributed by atoms with Crippen LogP contribution in [0.1, 0.15) is 5.69 Å². The molecule has 1 aromatic heterocycles. The van der Waals surface area contributed by atoms with Crippen molar-refractivity contribution in [3.05, 3.63) is 16.9 Å². The number of carboxylic acid groups (broad SMARTS) is 1. The Morgan fingerprint density at radius 1 is 1.86 bits per heavy atom. The lowest BCUT2D eigenvalue weighted by Gasteiger charge is -2.12. The SMILES string of the molecule is CNC(Cn1ncc(Cl)c1C)C(=O)O. The first-order valence-electron chi connectivity index (χ1n) is 4.14. The smallest absolute Gasteiger partial charge is 0.322 e. The van der Waals surface area contributed by atoms with Crippen LogP contribution in [0, 0.1) is 6.92 Å². The Balaban J connectivity index is 2.77. The van der Waals surface area contributed by atoms with E-state index in [0.717, 1.165) is 5.69 Å². The molecule has 0 radical (unpaired) electrons. The summed E-state index contributed by atoms with van der Waals surface area (Å²) in [6.45, 7) is 2.06. The van der Waals surface area contributed by atoms with Gasteiger partial charge in [-0.15, -0.1) is 0 Å². The van der Waals surface area contributed by atoms with Gasteiger partial charge in [0, 0.05) is 0 Å². The van der Waals surface area contributed by atoms with Crippen LogP contribution in [0.5, 0.6) is 0 Å². The fourth-order valence-electron chi connectivity index (χ4n) is 1.07. The van der Waals surface area contributed by atoms with Crippen LogP contribution in [0.2, 0.25) is 5.02 Å². The molecule has 0 spiro atoms. The van der Waals surface area contributed by atoms with Gasteiger partial charge in [0.05, 0.1) is 23.5 Å². The van der Waals surface area contributed by atoms with Crippen molar-refractivity contribution in [2.45, 2.75) is 19.5 Å². The molecule has 78 valence electrons. The average Bonchev–Trinajstić information content (AvgIpc) is 2.44. The number of hydrogen-bond acceptors (Lipinski definition) is 3. The molecule has 0 aromatic carbocycles. The van der Waals surface area contributed by atoms with Crippen LogP contribution in [0.15, 0.2) is 6.20 Å². The first-order valence-corrected chi connectivity index (χ1v) is 4.52. The van der Waals surface area contributed by atoms with Gasteiger partial charge in [-0.1, -0.05) is 11.6 Å². The van der Waals surface area contributed by atoms with Gasteiger partial charge in [0.2, 0.25) is 0 Å². The van der Waals surface area contributed by atoms with Gasteiger partial charge in [-0.3, -0.25) is 9.48 Å². The second-order valence-corrected chi connectivity index (χ2v) is 3.35. The molecule has 0 amide bonds. The maximum atomic E-state index is 10.7. The number of carbonyl (C=O) groups is 1. The Kier molecular flexibility index (Phi) is 3.49. The normalized spacial score (nSPS) is 12.8. The summed E-state index contributed by atoms with van der Waals surface area (Å²) >= 11 is 5.78. The number of hydrogen-bond donors (Lipinski definition) is 2. The molecule has 1 heterocycles. The zero-order chi connectivity index (χ0) is 10.7. The van der Waals surface area contributed by atoms with Gasteiger partial charge in [-0.2, -0.15) is 5.10 Å². The van der Waals surface area contributed by atoms with Crippen molar-refractivity contribution in [2.75, 3.05) is 7.05 Å². The Labute approximate surface area is 86.7 Å². The monoisotopic (exact) mass is 217 g/mol. The Hall–Kier alpha value is -1.07. The molecular formula is C8H12ClN3O2. The standard InChI is InChI=1S/C8H12ClN3O2/c1-5-6(9)3-11-12(5)4-7(10-2)8(13)14/h3,7,10H,4H2,1-2H3,(H,13,14). The van der Waals surface area contributed by atoms with E-state index in [9.17, 15) is 4.79 Å². The van der Waals surface area contributed by atoms with E-state index in [1.54, 1.807) is 18.7 Å². The Morgan fingerprint density at radius 3 is 2.86 bits per heavy atom. The van der Waals surface area contributed by atoms with Gasteiger partial charge in [0.25, 0.3) is 0 Å². The molecule has 1 rings (SSSR count). The van der Waals surface area contributed by atoms with Crippen LogP contribution >= 0.6 is 11.6 Å². The maximum Gasteiger partial charge on any atom is 0.322 e. The van der Waals surface area contributed by atoms with E-state index in [1.165, 1.54) is 6.20 Å². The number of likely N-dealkylation sites (N-methyl/N-ethyl adjacent to an activating group) is 1. The van der Waals surface area contributed by atoms with Gasteiger partial charge < -0.3 is 10.4 Å². The largest absolute Gasteiger partial charge is 0.480 e. The van der Waals surface area contributed by atoms with Crippen LogP contribution < -0.4 is 5.32 Å². The van der Waals surface area contributed by atoms with E-state index in [1.807, 2.05) is 0 Å². The van der Waals surface area contributed by atoms with Gasteiger partial charge in [0.15, 0.2) is 0 Å². The van der Waals surface area contributed by atoms with Gasteiger partial charge >= 0.3 is 5.97 Å². The van der Waals surface area contributed by atoms with E-state index < -0.39 is 12.0 Å². The molecule has 0 aliphatic carbocycles. The first-order chi connectivity index (χ1) is 6.56. The van der Waals surface area contributed by atoms with Crippen molar-refractivity contribution in [3.63, 3.8) is 0 Å². The summed E-state index contributed by atoms with van der Waals surface area (Å²) in [7, 11) is 1.60. The number of carboxylic acids is 1. The predicted octanol–water partition coefficient (Wildman–Crippen LogP) is 0.518. The molecule has 0 saturated heterocycles. The van der Waals surface area contributed by atoms with Crippen molar-refractivity contribution < 1.29 is 9.90 Å². The molecule has 1 unspecified atom stereocenters. The molecule has 6 heteroatoms. The fourth-order valence-corrected chi connectivity index (χ4v) is 1.21. The lowest BCUT2D eigenvalue weighted by molar-refractivity contribution is -0.139. The molecule has 2 N–H and O–H groups in total. The summed E-state index contributed by atoms with van der Waals surface area (Å²) in [5, 5.41) is 16.0. The van der Waals surface area contributed by atoms with E-state index in [-0.39, 0.29) is 6.54 Å². The second kappa shape index (κ2) is 4.43. The number of aromatic nitrogens is 2. The first kappa shape index (κ1) is 11.0. The summed E-state index contributed by atoms with van der Waals surface area (Å²) in [6.07, 6.45) is 1.51. The number of nitrogens with zero attached hydrogens (tertiary/aromatic N) is 2. The van der Waals surface area contributed by atoms with Crippen LogP contribution in [-0.2, 0) is 11.3 Å². The van der Waals surface area contributed by atoms with Crippen molar-refractivity contribution in [1.29, 1.82) is 0 Å². The van der Waals surface area contributed by atoms with E-state index in [0.29, 0.717) is 5.02 Å². The predicted molar refractivity (Wildman–Crippen MR) is 52.5 cm³/mol. The van der Waals surface area contributed by atoms with E-state index in [4.69, 9.17) is 16.7 Å². The third-order valence-electron chi connectivity index (χ3n) is 2.05. The van der Waals surface area contributed by atoms with Gasteiger partial charge in [0.1, 0.15) is 6.04 Å². The quantitative estimate of drug-likeness (QED) is 0.772. The molecule has 1 aromatic rings. The number of nitrogens with one attached hydrogen (secondary N) is 1. The topological polar surface area (TPSA) is 67.2 Å². The highest BCUT2D eigenvalue weighted by atomic mass is 35.5.